The van der Waals surface area contributed by atoms with Crippen molar-refractivity contribution in [2.75, 3.05) is 0 Å². The predicted molar refractivity (Wildman–Crippen MR) is 69.7 cm³/mol. The Bertz CT molecular complexity index is 661. The largest absolute Gasteiger partial charge is 0.386 e. The van der Waals surface area contributed by atoms with E-state index >= 15 is 0 Å². The first-order chi connectivity index (χ1) is 8.50. The highest BCUT2D eigenvalue weighted by molar-refractivity contribution is 7.96. The molecule has 7 heteroatoms. The highest BCUT2D eigenvalue weighted by atomic mass is 35.5. The summed E-state index contributed by atoms with van der Waals surface area (Å²) in [7, 11) is -3.41. The molecule has 2 aliphatic rings. The summed E-state index contributed by atoms with van der Waals surface area (Å²) in [5, 5.41) is 4.82. The number of halogens is 2. The van der Waals surface area contributed by atoms with Gasteiger partial charge < -0.3 is 4.84 Å². The van der Waals surface area contributed by atoms with Crippen LogP contribution in [0.3, 0.4) is 0 Å². The van der Waals surface area contributed by atoms with E-state index in [2.05, 4.69) is 5.16 Å². The molecule has 0 fully saturated rings. The van der Waals surface area contributed by atoms with Gasteiger partial charge in [-0.05, 0) is 18.2 Å². The lowest BCUT2D eigenvalue weighted by molar-refractivity contribution is 0.123. The minimum atomic E-state index is -3.41. The van der Waals surface area contributed by atoms with Crippen LogP contribution >= 0.6 is 23.2 Å². The molecule has 4 nitrogen and oxygen atoms in total. The average molecular weight is 304 g/mol. The second-order valence-corrected chi connectivity index (χ2v) is 6.75. The fourth-order valence-corrected chi connectivity index (χ4v) is 4.18. The van der Waals surface area contributed by atoms with Crippen LogP contribution < -0.4 is 0 Å². The van der Waals surface area contributed by atoms with Crippen molar-refractivity contribution in [3.05, 3.63) is 45.3 Å². The maximum absolute atomic E-state index is 11.9. The number of benzene rings is 1. The highest BCUT2D eigenvalue weighted by Gasteiger charge is 2.47. The van der Waals surface area contributed by atoms with E-state index in [0.29, 0.717) is 15.6 Å². The van der Waals surface area contributed by atoms with Crippen LogP contribution in [-0.2, 0) is 14.7 Å². The zero-order valence-electron chi connectivity index (χ0n) is 8.88. The van der Waals surface area contributed by atoms with Crippen LogP contribution in [0.2, 0.25) is 10.0 Å². The van der Waals surface area contributed by atoms with Gasteiger partial charge in [0.15, 0.2) is 21.2 Å². The molecule has 1 aromatic carbocycles. The number of nitrogens with zero attached hydrogens (tertiary/aromatic N) is 1. The Morgan fingerprint density at radius 1 is 1.22 bits per heavy atom. The molecule has 0 spiro atoms. The predicted octanol–water partition coefficient (Wildman–Crippen LogP) is 2.41. The van der Waals surface area contributed by atoms with Crippen LogP contribution in [0, 0.1) is 0 Å². The van der Waals surface area contributed by atoms with Crippen LogP contribution in [0.25, 0.3) is 0 Å². The third-order valence-corrected chi connectivity index (χ3v) is 5.24. The first-order valence-electron chi connectivity index (χ1n) is 5.11. The maximum atomic E-state index is 11.9. The van der Waals surface area contributed by atoms with Crippen molar-refractivity contribution >= 4 is 38.8 Å². The Morgan fingerprint density at radius 2 is 1.89 bits per heavy atom. The average Bonchev–Trinajstić information content (AvgIpc) is 2.82. The summed E-state index contributed by atoms with van der Waals surface area (Å²) in [5.41, 5.74) is 0.682. The summed E-state index contributed by atoms with van der Waals surface area (Å²) in [5.74, 6) is 0. The summed E-state index contributed by atoms with van der Waals surface area (Å²) >= 11 is 12.1. The summed E-state index contributed by atoms with van der Waals surface area (Å²) in [6.45, 7) is 0. The van der Waals surface area contributed by atoms with E-state index in [0.717, 1.165) is 5.41 Å². The van der Waals surface area contributed by atoms with Crippen molar-refractivity contribution in [3.63, 3.8) is 0 Å². The lowest BCUT2D eigenvalue weighted by Crippen LogP contribution is -2.31. The number of oxime groups is 1. The van der Waals surface area contributed by atoms with E-state index in [1.165, 1.54) is 6.08 Å². The quantitative estimate of drug-likeness (QED) is 0.800. The fraction of sp³-hybridized carbons (Fsp3) is 0.182. The molecule has 0 saturated heterocycles. The van der Waals surface area contributed by atoms with Gasteiger partial charge in [0.25, 0.3) is 0 Å². The van der Waals surface area contributed by atoms with Crippen molar-refractivity contribution in [1.29, 1.82) is 0 Å². The zero-order chi connectivity index (χ0) is 12.9. The molecule has 94 valence electrons. The molecule has 0 aromatic heterocycles. The van der Waals surface area contributed by atoms with Crippen molar-refractivity contribution < 1.29 is 13.3 Å². The lowest BCUT2D eigenvalue weighted by atomic mass is 10.0. The van der Waals surface area contributed by atoms with Crippen LogP contribution in [0.5, 0.6) is 0 Å². The zero-order valence-corrected chi connectivity index (χ0v) is 11.2. The van der Waals surface area contributed by atoms with E-state index in [4.69, 9.17) is 28.0 Å². The summed E-state index contributed by atoms with van der Waals surface area (Å²) in [4.78, 5) is 5.09. The first-order valence-corrected chi connectivity index (χ1v) is 7.47. The number of rotatable bonds is 1. The van der Waals surface area contributed by atoms with Crippen molar-refractivity contribution in [3.8, 4) is 0 Å². The molecule has 2 heterocycles. The standard InChI is InChI=1S/C11H7Cl2NO3S/c12-6-2-1-3-7(13)9(6)10-11-8(17-14-10)4-5-18(11,15)16/h1-5,8,11H/t8-,11-/m0/s1. The second kappa shape index (κ2) is 3.98. The Hall–Kier alpha value is -1.04. The monoisotopic (exact) mass is 303 g/mol. The van der Waals surface area contributed by atoms with E-state index < -0.39 is 21.2 Å². The minimum Gasteiger partial charge on any atom is -0.386 e. The van der Waals surface area contributed by atoms with Gasteiger partial charge in [-0.25, -0.2) is 8.42 Å². The third-order valence-electron chi connectivity index (χ3n) is 2.87. The van der Waals surface area contributed by atoms with Crippen molar-refractivity contribution in [2.45, 2.75) is 11.4 Å². The molecule has 0 radical (unpaired) electrons. The van der Waals surface area contributed by atoms with Gasteiger partial charge in [0, 0.05) is 11.0 Å². The molecular formula is C11H7Cl2NO3S. The fourth-order valence-electron chi connectivity index (χ4n) is 2.06. The molecule has 2 atom stereocenters. The SMILES string of the molecule is O=S1(=O)C=C[C@@H]2ON=C(c3c(Cl)cccc3Cl)[C@H]21. The molecule has 3 rings (SSSR count). The van der Waals surface area contributed by atoms with E-state index in [1.54, 1.807) is 18.2 Å². The van der Waals surface area contributed by atoms with Gasteiger partial charge in [-0.2, -0.15) is 0 Å². The van der Waals surface area contributed by atoms with Crippen LogP contribution in [0.1, 0.15) is 5.56 Å². The highest BCUT2D eigenvalue weighted by Crippen LogP contribution is 2.35. The Kier molecular flexibility index (Phi) is 2.66. The maximum Gasteiger partial charge on any atom is 0.184 e. The van der Waals surface area contributed by atoms with E-state index in [-0.39, 0.29) is 5.71 Å². The van der Waals surface area contributed by atoms with Crippen molar-refractivity contribution in [1.82, 2.24) is 0 Å². The smallest absolute Gasteiger partial charge is 0.184 e. The Morgan fingerprint density at radius 3 is 2.56 bits per heavy atom. The van der Waals surface area contributed by atoms with Gasteiger partial charge in [0.05, 0.1) is 10.0 Å². The Labute approximate surface area is 114 Å². The number of fused-ring (bicyclic) bond motifs is 1. The molecule has 1 aromatic rings. The topological polar surface area (TPSA) is 55.7 Å². The molecule has 0 unspecified atom stereocenters. The second-order valence-electron chi connectivity index (χ2n) is 3.98. The molecule has 0 bridgehead atoms. The Balaban J connectivity index is 2.15. The van der Waals surface area contributed by atoms with Gasteiger partial charge in [-0.3, -0.25) is 0 Å². The summed E-state index contributed by atoms with van der Waals surface area (Å²) in [6, 6.07) is 4.95. The molecule has 0 N–H and O–H groups in total. The summed E-state index contributed by atoms with van der Waals surface area (Å²) < 4.78 is 23.8. The number of hydrogen-bond donors (Lipinski definition) is 0. The lowest BCUT2D eigenvalue weighted by Gasteiger charge is -2.11. The van der Waals surface area contributed by atoms with Gasteiger partial charge in [0.1, 0.15) is 5.71 Å². The van der Waals surface area contributed by atoms with E-state index in [1.807, 2.05) is 0 Å². The normalized spacial score (nSPS) is 27.8. The van der Waals surface area contributed by atoms with Crippen LogP contribution in [-0.4, -0.2) is 25.5 Å². The molecule has 0 aliphatic carbocycles. The van der Waals surface area contributed by atoms with E-state index in [9.17, 15) is 8.42 Å². The first kappa shape index (κ1) is 12.0. The van der Waals surface area contributed by atoms with Gasteiger partial charge >= 0.3 is 0 Å². The molecular weight excluding hydrogens is 297 g/mol. The van der Waals surface area contributed by atoms with Crippen LogP contribution in [0.4, 0.5) is 0 Å². The number of hydrogen-bond acceptors (Lipinski definition) is 4. The van der Waals surface area contributed by atoms with Crippen molar-refractivity contribution in [2.24, 2.45) is 5.16 Å². The molecule has 2 aliphatic heterocycles. The molecule has 0 saturated carbocycles. The third kappa shape index (κ3) is 1.66. The molecule has 0 amide bonds. The van der Waals surface area contributed by atoms with Gasteiger partial charge in [-0.1, -0.05) is 34.4 Å². The van der Waals surface area contributed by atoms with Crippen LogP contribution in [0.15, 0.2) is 34.8 Å². The van der Waals surface area contributed by atoms with Gasteiger partial charge in [-0.15, -0.1) is 0 Å². The summed E-state index contributed by atoms with van der Waals surface area (Å²) in [6.07, 6.45) is 0.888. The number of sulfone groups is 1. The van der Waals surface area contributed by atoms with Gasteiger partial charge in [0.2, 0.25) is 0 Å². The minimum absolute atomic E-state index is 0.264. The molecule has 18 heavy (non-hydrogen) atoms.